The van der Waals surface area contributed by atoms with Gasteiger partial charge in [-0.3, -0.25) is 9.59 Å². The third-order valence-corrected chi connectivity index (χ3v) is 5.82. The summed E-state index contributed by atoms with van der Waals surface area (Å²) in [6.07, 6.45) is 1.39. The number of benzene rings is 2. The molecular formula is C27H25FN4O4. The molecule has 0 aliphatic rings. The Labute approximate surface area is 207 Å². The Morgan fingerprint density at radius 3 is 2.42 bits per heavy atom. The standard InChI is InChI=1S/C27H25FN4O4/c1-16-23(27(35)36-3)21(30-24(16)17(2)33)13-22(34)31-26-25(19-9-11-20(28)12-10-19)29-15-32(26)14-18-7-5-4-6-8-18/h4-12,15,30H,13-14H2,1-3H3,(H,31,34). The van der Waals surface area contributed by atoms with E-state index in [1.807, 2.05) is 30.3 Å². The number of hydrogen-bond donors (Lipinski definition) is 2. The van der Waals surface area contributed by atoms with Crippen LogP contribution in [0.25, 0.3) is 11.3 Å². The normalized spacial score (nSPS) is 10.8. The van der Waals surface area contributed by atoms with Gasteiger partial charge in [0, 0.05) is 18.2 Å². The van der Waals surface area contributed by atoms with Gasteiger partial charge in [-0.2, -0.15) is 0 Å². The Balaban J connectivity index is 1.68. The van der Waals surface area contributed by atoms with Gasteiger partial charge in [0.25, 0.3) is 0 Å². The molecule has 0 spiro atoms. The molecule has 1 amide bonds. The Hall–Kier alpha value is -4.53. The lowest BCUT2D eigenvalue weighted by atomic mass is 10.1. The molecule has 4 aromatic rings. The number of methoxy groups -OCH3 is 1. The first kappa shape index (κ1) is 24.6. The zero-order valence-corrected chi connectivity index (χ0v) is 20.1. The molecule has 8 nitrogen and oxygen atoms in total. The number of aromatic amines is 1. The van der Waals surface area contributed by atoms with Crippen LogP contribution < -0.4 is 5.32 Å². The Morgan fingerprint density at radius 2 is 1.78 bits per heavy atom. The highest BCUT2D eigenvalue weighted by Gasteiger charge is 2.25. The van der Waals surface area contributed by atoms with Gasteiger partial charge in [0.2, 0.25) is 5.91 Å². The number of nitrogens with one attached hydrogen (secondary N) is 2. The van der Waals surface area contributed by atoms with E-state index >= 15 is 0 Å². The summed E-state index contributed by atoms with van der Waals surface area (Å²) in [6, 6.07) is 15.5. The van der Waals surface area contributed by atoms with Gasteiger partial charge < -0.3 is 19.6 Å². The lowest BCUT2D eigenvalue weighted by Gasteiger charge is -2.12. The molecule has 2 N–H and O–H groups in total. The van der Waals surface area contributed by atoms with Gasteiger partial charge in [0.05, 0.1) is 37.7 Å². The number of carbonyl (C=O) groups excluding carboxylic acids is 3. The molecule has 0 unspecified atom stereocenters. The van der Waals surface area contributed by atoms with E-state index in [0.29, 0.717) is 29.2 Å². The zero-order chi connectivity index (χ0) is 25.8. The lowest BCUT2D eigenvalue weighted by Crippen LogP contribution is -2.19. The number of ether oxygens (including phenoxy) is 1. The van der Waals surface area contributed by atoms with Crippen LogP contribution in [-0.4, -0.2) is 39.3 Å². The molecule has 0 bridgehead atoms. The number of hydrogen-bond acceptors (Lipinski definition) is 5. The molecule has 0 fully saturated rings. The van der Waals surface area contributed by atoms with Crippen LogP contribution >= 0.6 is 0 Å². The van der Waals surface area contributed by atoms with Crippen molar-refractivity contribution in [2.45, 2.75) is 26.8 Å². The minimum Gasteiger partial charge on any atom is -0.465 e. The number of Topliss-reactive ketones (excluding diaryl/α,β-unsaturated/α-hetero) is 1. The molecule has 0 aliphatic carbocycles. The summed E-state index contributed by atoms with van der Waals surface area (Å²) >= 11 is 0. The van der Waals surface area contributed by atoms with Crippen molar-refractivity contribution in [3.63, 3.8) is 0 Å². The summed E-state index contributed by atoms with van der Waals surface area (Å²) in [5, 5.41) is 2.89. The SMILES string of the molecule is COC(=O)c1c(CC(=O)Nc2c(-c3ccc(F)cc3)ncn2Cc2ccccc2)[nH]c(C(C)=O)c1C. The maximum atomic E-state index is 13.5. The number of nitrogens with zero attached hydrogens (tertiary/aromatic N) is 2. The number of aromatic nitrogens is 3. The lowest BCUT2D eigenvalue weighted by molar-refractivity contribution is -0.115. The quantitative estimate of drug-likeness (QED) is 0.280. The predicted octanol–water partition coefficient (Wildman–Crippen LogP) is 4.54. The molecule has 184 valence electrons. The number of amides is 1. The summed E-state index contributed by atoms with van der Waals surface area (Å²) in [4.78, 5) is 45.0. The second-order valence-electron chi connectivity index (χ2n) is 8.31. The van der Waals surface area contributed by atoms with Gasteiger partial charge >= 0.3 is 5.97 Å². The number of carbonyl (C=O) groups is 3. The minimum absolute atomic E-state index is 0.161. The smallest absolute Gasteiger partial charge is 0.339 e. The van der Waals surface area contributed by atoms with Gasteiger partial charge in [-0.1, -0.05) is 30.3 Å². The largest absolute Gasteiger partial charge is 0.465 e. The van der Waals surface area contributed by atoms with Crippen LogP contribution in [0.1, 0.15) is 44.6 Å². The minimum atomic E-state index is -0.639. The zero-order valence-electron chi connectivity index (χ0n) is 20.1. The molecule has 2 aromatic heterocycles. The van der Waals surface area contributed by atoms with Crippen LogP contribution in [0.4, 0.5) is 10.2 Å². The average Bonchev–Trinajstić information content (AvgIpc) is 3.40. The summed E-state index contributed by atoms with van der Waals surface area (Å²) in [6.45, 7) is 3.44. The Kier molecular flexibility index (Phi) is 7.10. The third-order valence-electron chi connectivity index (χ3n) is 5.82. The van der Waals surface area contributed by atoms with Crippen molar-refractivity contribution in [2.75, 3.05) is 12.4 Å². The first-order valence-electron chi connectivity index (χ1n) is 11.2. The van der Waals surface area contributed by atoms with Gasteiger partial charge in [0.15, 0.2) is 5.78 Å². The Bertz CT molecular complexity index is 1420. The van der Waals surface area contributed by atoms with Crippen molar-refractivity contribution < 1.29 is 23.5 Å². The maximum Gasteiger partial charge on any atom is 0.339 e. The number of esters is 1. The topological polar surface area (TPSA) is 106 Å². The summed E-state index contributed by atoms with van der Waals surface area (Å²) in [5.41, 5.74) is 3.21. The van der Waals surface area contributed by atoms with Crippen LogP contribution in [0, 0.1) is 12.7 Å². The average molecular weight is 489 g/mol. The van der Waals surface area contributed by atoms with Crippen molar-refractivity contribution in [3.8, 4) is 11.3 Å². The van der Waals surface area contributed by atoms with Crippen LogP contribution in [-0.2, 0) is 22.5 Å². The molecule has 0 saturated heterocycles. The van der Waals surface area contributed by atoms with E-state index < -0.39 is 11.9 Å². The van der Waals surface area contributed by atoms with Crippen LogP contribution in [0.5, 0.6) is 0 Å². The molecule has 9 heteroatoms. The first-order chi connectivity index (χ1) is 17.3. The highest BCUT2D eigenvalue weighted by atomic mass is 19.1. The molecule has 36 heavy (non-hydrogen) atoms. The number of rotatable bonds is 8. The highest BCUT2D eigenvalue weighted by molar-refractivity contribution is 6.02. The summed E-state index contributed by atoms with van der Waals surface area (Å²) < 4.78 is 20.2. The van der Waals surface area contributed by atoms with Crippen LogP contribution in [0.15, 0.2) is 60.9 Å². The predicted molar refractivity (Wildman–Crippen MR) is 132 cm³/mol. The van der Waals surface area contributed by atoms with E-state index in [-0.39, 0.29) is 35.0 Å². The maximum absolute atomic E-state index is 13.5. The van der Waals surface area contributed by atoms with E-state index in [1.165, 1.54) is 26.2 Å². The number of imidazole rings is 1. The van der Waals surface area contributed by atoms with Crippen molar-refractivity contribution >= 4 is 23.5 Å². The summed E-state index contributed by atoms with van der Waals surface area (Å²) in [7, 11) is 1.24. The van der Waals surface area contributed by atoms with E-state index in [0.717, 1.165) is 5.56 Å². The fraction of sp³-hybridized carbons (Fsp3) is 0.185. The van der Waals surface area contributed by atoms with Gasteiger partial charge in [0.1, 0.15) is 17.3 Å². The number of H-pyrrole nitrogens is 1. The highest BCUT2D eigenvalue weighted by Crippen LogP contribution is 2.28. The van der Waals surface area contributed by atoms with Crippen molar-refractivity contribution in [1.82, 2.24) is 14.5 Å². The number of halogens is 1. The van der Waals surface area contributed by atoms with Crippen molar-refractivity contribution in [2.24, 2.45) is 0 Å². The van der Waals surface area contributed by atoms with E-state index in [4.69, 9.17) is 4.74 Å². The molecule has 2 aromatic carbocycles. The van der Waals surface area contributed by atoms with E-state index in [9.17, 15) is 18.8 Å². The molecule has 0 aliphatic heterocycles. The van der Waals surface area contributed by atoms with Gasteiger partial charge in [-0.05, 0) is 42.3 Å². The number of anilines is 1. The van der Waals surface area contributed by atoms with E-state index in [2.05, 4.69) is 15.3 Å². The van der Waals surface area contributed by atoms with Crippen LogP contribution in [0.3, 0.4) is 0 Å². The first-order valence-corrected chi connectivity index (χ1v) is 11.2. The summed E-state index contributed by atoms with van der Waals surface area (Å²) in [5.74, 6) is -1.30. The molecule has 2 heterocycles. The monoisotopic (exact) mass is 488 g/mol. The van der Waals surface area contributed by atoms with Crippen LogP contribution in [0.2, 0.25) is 0 Å². The fourth-order valence-corrected chi connectivity index (χ4v) is 4.09. The molecule has 0 saturated carbocycles. The molecule has 0 radical (unpaired) electrons. The fourth-order valence-electron chi connectivity index (χ4n) is 4.09. The van der Waals surface area contributed by atoms with Crippen molar-refractivity contribution in [3.05, 3.63) is 94.8 Å². The second kappa shape index (κ2) is 10.4. The van der Waals surface area contributed by atoms with Crippen molar-refractivity contribution in [1.29, 1.82) is 0 Å². The van der Waals surface area contributed by atoms with Gasteiger partial charge in [-0.15, -0.1) is 0 Å². The van der Waals surface area contributed by atoms with E-state index in [1.54, 1.807) is 30.0 Å². The molecular weight excluding hydrogens is 463 g/mol. The third kappa shape index (κ3) is 5.10. The van der Waals surface area contributed by atoms with Gasteiger partial charge in [-0.25, -0.2) is 14.2 Å². The Morgan fingerprint density at radius 1 is 1.08 bits per heavy atom. The molecule has 0 atom stereocenters. The number of ketones is 1. The molecule has 4 rings (SSSR count). The second-order valence-corrected chi connectivity index (χ2v) is 8.31.